The number of nitrogen functional groups attached to an aromatic ring is 1. The van der Waals surface area contributed by atoms with Crippen LogP contribution in [0.25, 0.3) is 0 Å². The number of anilines is 1. The zero-order chi connectivity index (χ0) is 13.3. The molecular weight excluding hydrogens is 237 g/mol. The number of nitrogens with zero attached hydrogens (tertiary/aromatic N) is 2. The average molecular weight is 249 g/mol. The number of hydrogen-bond acceptors (Lipinski definition) is 3. The zero-order valence-corrected chi connectivity index (χ0v) is 9.76. The van der Waals surface area contributed by atoms with Crippen LogP contribution in [0.2, 0.25) is 0 Å². The summed E-state index contributed by atoms with van der Waals surface area (Å²) < 4.78 is 15.7. The van der Waals surface area contributed by atoms with Gasteiger partial charge in [0.25, 0.3) is 0 Å². The van der Waals surface area contributed by atoms with Crippen LogP contribution in [0.4, 0.5) is 10.1 Å². The highest BCUT2D eigenvalue weighted by atomic mass is 19.1. The van der Waals surface area contributed by atoms with Gasteiger partial charge < -0.3 is 14.9 Å². The molecule has 0 fully saturated rings. The molecule has 0 radical (unpaired) electrons. The van der Waals surface area contributed by atoms with Gasteiger partial charge in [0, 0.05) is 19.4 Å². The van der Waals surface area contributed by atoms with E-state index in [1.54, 1.807) is 6.07 Å². The molecule has 0 spiro atoms. The summed E-state index contributed by atoms with van der Waals surface area (Å²) in [6, 6.07) is 4.29. The third-order valence-corrected chi connectivity index (χ3v) is 2.65. The van der Waals surface area contributed by atoms with Crippen molar-refractivity contribution in [2.75, 3.05) is 5.73 Å². The summed E-state index contributed by atoms with van der Waals surface area (Å²) in [5, 5.41) is 0. The highest BCUT2D eigenvalue weighted by Crippen LogP contribution is 2.12. The molecule has 1 aromatic heterocycles. The molecular formula is C12H12FN3O2. The van der Waals surface area contributed by atoms with E-state index in [-0.39, 0.29) is 12.2 Å². The Labute approximate surface area is 102 Å². The monoisotopic (exact) mass is 249 g/mol. The predicted octanol–water partition coefficient (Wildman–Crippen LogP) is 0.317. The summed E-state index contributed by atoms with van der Waals surface area (Å²) in [7, 11) is 1.50. The molecule has 5 nitrogen and oxygen atoms in total. The number of hydrogen-bond donors (Lipinski definition) is 1. The lowest BCUT2D eigenvalue weighted by atomic mass is 10.2. The van der Waals surface area contributed by atoms with Crippen molar-refractivity contribution in [3.8, 4) is 0 Å². The first-order chi connectivity index (χ1) is 8.49. The summed E-state index contributed by atoms with van der Waals surface area (Å²) in [4.78, 5) is 23.1. The molecule has 1 heterocycles. The van der Waals surface area contributed by atoms with E-state index in [0.717, 1.165) is 0 Å². The zero-order valence-electron chi connectivity index (χ0n) is 9.76. The van der Waals surface area contributed by atoms with E-state index < -0.39 is 16.9 Å². The second-order valence-corrected chi connectivity index (χ2v) is 4.00. The van der Waals surface area contributed by atoms with Crippen LogP contribution in [0, 0.1) is 5.82 Å². The quantitative estimate of drug-likeness (QED) is 0.615. The maximum Gasteiger partial charge on any atom is 0.316 e. The van der Waals surface area contributed by atoms with Crippen molar-refractivity contribution in [2.24, 2.45) is 7.05 Å². The van der Waals surface area contributed by atoms with Gasteiger partial charge in [0.2, 0.25) is 0 Å². The van der Waals surface area contributed by atoms with Crippen molar-refractivity contribution >= 4 is 5.69 Å². The first-order valence-electron chi connectivity index (χ1n) is 5.29. The Morgan fingerprint density at radius 1 is 1.22 bits per heavy atom. The Morgan fingerprint density at radius 3 is 2.61 bits per heavy atom. The molecule has 0 saturated carbocycles. The lowest BCUT2D eigenvalue weighted by Gasteiger charge is -2.07. The topological polar surface area (TPSA) is 70.0 Å². The lowest BCUT2D eigenvalue weighted by molar-refractivity contribution is 0.625. The van der Waals surface area contributed by atoms with Crippen molar-refractivity contribution in [1.82, 2.24) is 9.13 Å². The van der Waals surface area contributed by atoms with Crippen molar-refractivity contribution < 1.29 is 4.39 Å². The van der Waals surface area contributed by atoms with E-state index in [1.807, 2.05) is 0 Å². The van der Waals surface area contributed by atoms with Crippen LogP contribution in [0.5, 0.6) is 0 Å². The van der Waals surface area contributed by atoms with Crippen molar-refractivity contribution in [3.63, 3.8) is 0 Å². The van der Waals surface area contributed by atoms with Crippen molar-refractivity contribution in [1.29, 1.82) is 0 Å². The molecule has 94 valence electrons. The van der Waals surface area contributed by atoms with Gasteiger partial charge in [-0.2, -0.15) is 0 Å². The standard InChI is InChI=1S/C12H12FN3O2/c1-15-4-5-16(12(18)11(15)17)7-8-2-3-10(14)9(13)6-8/h2-6H,7,14H2,1H3. The SMILES string of the molecule is Cn1ccn(Cc2ccc(N)c(F)c2)c(=O)c1=O. The summed E-state index contributed by atoms with van der Waals surface area (Å²) in [6.45, 7) is 0.131. The van der Waals surface area contributed by atoms with Crippen LogP contribution in [-0.4, -0.2) is 9.13 Å². The van der Waals surface area contributed by atoms with Gasteiger partial charge in [0.1, 0.15) is 5.82 Å². The van der Waals surface area contributed by atoms with E-state index in [0.29, 0.717) is 5.56 Å². The smallest absolute Gasteiger partial charge is 0.316 e. The highest BCUT2D eigenvalue weighted by Gasteiger charge is 2.05. The Bertz CT molecular complexity index is 703. The van der Waals surface area contributed by atoms with Crippen LogP contribution in [0.3, 0.4) is 0 Å². The number of nitrogens with two attached hydrogens (primary N) is 1. The van der Waals surface area contributed by atoms with Crippen LogP contribution < -0.4 is 16.9 Å². The van der Waals surface area contributed by atoms with E-state index in [4.69, 9.17) is 5.73 Å². The first kappa shape index (κ1) is 12.1. The van der Waals surface area contributed by atoms with E-state index in [9.17, 15) is 14.0 Å². The largest absolute Gasteiger partial charge is 0.396 e. The highest BCUT2D eigenvalue weighted by molar-refractivity contribution is 5.41. The minimum absolute atomic E-state index is 0.0510. The Kier molecular flexibility index (Phi) is 3.01. The molecule has 0 bridgehead atoms. The van der Waals surface area contributed by atoms with E-state index in [1.165, 1.54) is 40.7 Å². The number of aromatic nitrogens is 2. The molecule has 0 unspecified atom stereocenters. The van der Waals surface area contributed by atoms with Crippen molar-refractivity contribution in [3.05, 3.63) is 62.7 Å². The van der Waals surface area contributed by atoms with Gasteiger partial charge in [-0.05, 0) is 17.7 Å². The maximum absolute atomic E-state index is 13.2. The minimum atomic E-state index is -0.641. The molecule has 2 N–H and O–H groups in total. The third-order valence-electron chi connectivity index (χ3n) is 2.65. The lowest BCUT2D eigenvalue weighted by Crippen LogP contribution is -2.39. The molecule has 0 aliphatic rings. The molecule has 18 heavy (non-hydrogen) atoms. The average Bonchev–Trinajstić information content (AvgIpc) is 2.34. The van der Waals surface area contributed by atoms with Crippen LogP contribution >= 0.6 is 0 Å². The van der Waals surface area contributed by atoms with Gasteiger partial charge in [-0.3, -0.25) is 9.59 Å². The molecule has 0 atom stereocenters. The Morgan fingerprint density at radius 2 is 1.94 bits per heavy atom. The van der Waals surface area contributed by atoms with Gasteiger partial charge in [0.05, 0.1) is 12.2 Å². The molecule has 0 amide bonds. The second kappa shape index (κ2) is 4.48. The third kappa shape index (κ3) is 2.17. The fourth-order valence-electron chi connectivity index (χ4n) is 1.58. The number of rotatable bonds is 2. The Balaban J connectivity index is 2.41. The fourth-order valence-corrected chi connectivity index (χ4v) is 1.58. The number of aryl methyl sites for hydroxylation is 1. The van der Waals surface area contributed by atoms with Gasteiger partial charge in [-0.15, -0.1) is 0 Å². The van der Waals surface area contributed by atoms with Crippen LogP contribution in [-0.2, 0) is 13.6 Å². The maximum atomic E-state index is 13.2. The van der Waals surface area contributed by atoms with E-state index in [2.05, 4.69) is 0 Å². The van der Waals surface area contributed by atoms with Gasteiger partial charge in [0.15, 0.2) is 0 Å². The van der Waals surface area contributed by atoms with Crippen molar-refractivity contribution in [2.45, 2.75) is 6.54 Å². The molecule has 2 aromatic rings. The summed E-state index contributed by atoms with van der Waals surface area (Å²) in [6.07, 6.45) is 2.97. The molecule has 6 heteroatoms. The minimum Gasteiger partial charge on any atom is -0.396 e. The van der Waals surface area contributed by atoms with E-state index >= 15 is 0 Å². The predicted molar refractivity (Wildman–Crippen MR) is 65.9 cm³/mol. The first-order valence-corrected chi connectivity index (χ1v) is 5.29. The summed E-state index contributed by atoms with van der Waals surface area (Å²) in [5.74, 6) is -0.538. The fraction of sp³-hybridized carbons (Fsp3) is 0.167. The Hall–Kier alpha value is -2.37. The number of benzene rings is 1. The molecule has 0 aliphatic heterocycles. The summed E-state index contributed by atoms with van der Waals surface area (Å²) in [5.41, 5.74) is 4.72. The molecule has 0 saturated heterocycles. The molecule has 2 rings (SSSR count). The second-order valence-electron chi connectivity index (χ2n) is 4.00. The van der Waals surface area contributed by atoms with Gasteiger partial charge >= 0.3 is 11.1 Å². The number of halogens is 1. The van der Waals surface area contributed by atoms with Gasteiger partial charge in [-0.25, -0.2) is 4.39 Å². The molecule has 1 aromatic carbocycles. The summed E-state index contributed by atoms with van der Waals surface area (Å²) >= 11 is 0. The molecule has 0 aliphatic carbocycles. The normalized spacial score (nSPS) is 10.6. The van der Waals surface area contributed by atoms with Crippen LogP contribution in [0.15, 0.2) is 40.2 Å². The van der Waals surface area contributed by atoms with Crippen LogP contribution in [0.1, 0.15) is 5.56 Å². The van der Waals surface area contributed by atoms with Gasteiger partial charge in [-0.1, -0.05) is 6.07 Å².